The van der Waals surface area contributed by atoms with Gasteiger partial charge in [-0.05, 0) is 41.8 Å². The highest BCUT2D eigenvalue weighted by Crippen LogP contribution is 2.13. The van der Waals surface area contributed by atoms with Crippen LogP contribution in [0.2, 0.25) is 0 Å². The Balaban J connectivity index is 1.86. The molecular formula is C17H19BrN2O. The van der Waals surface area contributed by atoms with E-state index in [1.54, 1.807) is 4.90 Å². The van der Waals surface area contributed by atoms with Gasteiger partial charge >= 0.3 is 0 Å². The van der Waals surface area contributed by atoms with E-state index in [4.69, 9.17) is 5.73 Å². The molecule has 0 aliphatic carbocycles. The molecule has 2 N–H and O–H groups in total. The Kier molecular flexibility index (Phi) is 5.39. The normalized spacial score (nSPS) is 10.4. The fourth-order valence-corrected chi connectivity index (χ4v) is 2.41. The lowest BCUT2D eigenvalue weighted by molar-refractivity contribution is -0.130. The highest BCUT2D eigenvalue weighted by atomic mass is 79.9. The molecule has 0 aliphatic heterocycles. The van der Waals surface area contributed by atoms with Gasteiger partial charge in [0.05, 0.1) is 0 Å². The quantitative estimate of drug-likeness (QED) is 0.840. The smallest absolute Gasteiger partial charge is 0.222 e. The molecular weight excluding hydrogens is 328 g/mol. The van der Waals surface area contributed by atoms with E-state index in [9.17, 15) is 4.79 Å². The Morgan fingerprint density at radius 1 is 1.14 bits per heavy atom. The molecule has 0 saturated carbocycles. The van der Waals surface area contributed by atoms with Crippen LogP contribution in [0.3, 0.4) is 0 Å². The summed E-state index contributed by atoms with van der Waals surface area (Å²) in [6, 6.07) is 15.7. The molecule has 0 fully saturated rings. The van der Waals surface area contributed by atoms with Gasteiger partial charge in [0.2, 0.25) is 5.91 Å². The lowest BCUT2D eigenvalue weighted by Crippen LogP contribution is -2.26. The second-order valence-corrected chi connectivity index (χ2v) is 6.04. The predicted molar refractivity (Wildman–Crippen MR) is 89.8 cm³/mol. The molecule has 1 amide bonds. The topological polar surface area (TPSA) is 46.3 Å². The summed E-state index contributed by atoms with van der Waals surface area (Å²) < 4.78 is 1.04. The van der Waals surface area contributed by atoms with E-state index in [0.29, 0.717) is 19.4 Å². The van der Waals surface area contributed by atoms with Crippen LogP contribution in [0.1, 0.15) is 17.5 Å². The Labute approximate surface area is 133 Å². The zero-order valence-corrected chi connectivity index (χ0v) is 13.6. The number of rotatable bonds is 5. The number of hydrogen-bond donors (Lipinski definition) is 1. The monoisotopic (exact) mass is 346 g/mol. The van der Waals surface area contributed by atoms with E-state index in [1.165, 1.54) is 0 Å². The maximum atomic E-state index is 12.2. The van der Waals surface area contributed by atoms with Gasteiger partial charge in [-0.15, -0.1) is 0 Å². The van der Waals surface area contributed by atoms with Gasteiger partial charge in [-0.2, -0.15) is 0 Å². The molecule has 2 aromatic rings. The molecule has 0 aliphatic rings. The molecule has 0 bridgehead atoms. The number of halogens is 1. The van der Waals surface area contributed by atoms with Crippen molar-refractivity contribution in [2.75, 3.05) is 12.8 Å². The number of amides is 1. The van der Waals surface area contributed by atoms with Crippen molar-refractivity contribution in [2.24, 2.45) is 0 Å². The maximum Gasteiger partial charge on any atom is 0.222 e. The number of nitrogens with two attached hydrogens (primary N) is 1. The summed E-state index contributed by atoms with van der Waals surface area (Å²) >= 11 is 3.41. The van der Waals surface area contributed by atoms with Crippen molar-refractivity contribution in [3.05, 3.63) is 64.1 Å². The van der Waals surface area contributed by atoms with E-state index in [1.807, 2.05) is 55.6 Å². The number of carbonyl (C=O) groups excluding carboxylic acids is 1. The number of benzene rings is 2. The van der Waals surface area contributed by atoms with Gasteiger partial charge in [0.25, 0.3) is 0 Å². The first kappa shape index (κ1) is 15.6. The highest BCUT2D eigenvalue weighted by Gasteiger charge is 2.09. The van der Waals surface area contributed by atoms with Crippen LogP contribution in [-0.2, 0) is 17.8 Å². The number of carbonyl (C=O) groups is 1. The van der Waals surface area contributed by atoms with Crippen molar-refractivity contribution in [2.45, 2.75) is 19.4 Å². The molecule has 0 spiro atoms. The van der Waals surface area contributed by atoms with Crippen LogP contribution in [0.15, 0.2) is 53.0 Å². The van der Waals surface area contributed by atoms with Gasteiger partial charge in [0.15, 0.2) is 0 Å². The van der Waals surface area contributed by atoms with Gasteiger partial charge in [-0.3, -0.25) is 4.79 Å². The molecule has 0 radical (unpaired) electrons. The maximum absolute atomic E-state index is 12.2. The van der Waals surface area contributed by atoms with Crippen molar-refractivity contribution < 1.29 is 4.79 Å². The van der Waals surface area contributed by atoms with Crippen LogP contribution in [0, 0.1) is 0 Å². The molecule has 0 saturated heterocycles. The summed E-state index contributed by atoms with van der Waals surface area (Å²) in [7, 11) is 1.84. The van der Waals surface area contributed by atoms with Gasteiger partial charge in [-0.25, -0.2) is 0 Å². The summed E-state index contributed by atoms with van der Waals surface area (Å²) in [5, 5.41) is 0. The third-order valence-electron chi connectivity index (χ3n) is 3.34. The third kappa shape index (κ3) is 4.90. The Morgan fingerprint density at radius 2 is 1.86 bits per heavy atom. The van der Waals surface area contributed by atoms with E-state index >= 15 is 0 Å². The van der Waals surface area contributed by atoms with Gasteiger partial charge in [-0.1, -0.05) is 40.2 Å². The number of anilines is 1. The zero-order valence-electron chi connectivity index (χ0n) is 12.1. The van der Waals surface area contributed by atoms with Crippen molar-refractivity contribution in [1.82, 2.24) is 4.90 Å². The lowest BCUT2D eigenvalue weighted by atomic mass is 10.1. The second-order valence-electron chi connectivity index (χ2n) is 5.12. The fourth-order valence-electron chi connectivity index (χ4n) is 2.14. The number of hydrogen-bond acceptors (Lipinski definition) is 2. The first-order valence-corrected chi connectivity index (χ1v) is 7.67. The minimum Gasteiger partial charge on any atom is -0.399 e. The minimum atomic E-state index is 0.139. The molecule has 0 heterocycles. The first-order chi connectivity index (χ1) is 10.0. The van der Waals surface area contributed by atoms with E-state index in [2.05, 4.69) is 15.9 Å². The molecule has 110 valence electrons. The molecule has 0 aromatic heterocycles. The molecule has 0 unspecified atom stereocenters. The van der Waals surface area contributed by atoms with Crippen LogP contribution in [0.5, 0.6) is 0 Å². The summed E-state index contributed by atoms with van der Waals surface area (Å²) in [6.45, 7) is 0.628. The number of nitrogen functional groups attached to an aromatic ring is 1. The van der Waals surface area contributed by atoms with Gasteiger partial charge in [0, 0.05) is 30.2 Å². The Morgan fingerprint density at radius 3 is 2.52 bits per heavy atom. The van der Waals surface area contributed by atoms with Crippen LogP contribution in [-0.4, -0.2) is 17.9 Å². The Bertz CT molecular complexity index is 610. The molecule has 3 nitrogen and oxygen atoms in total. The van der Waals surface area contributed by atoms with Crippen molar-refractivity contribution in [3.63, 3.8) is 0 Å². The first-order valence-electron chi connectivity index (χ1n) is 6.87. The van der Waals surface area contributed by atoms with Crippen LogP contribution in [0.4, 0.5) is 5.69 Å². The largest absolute Gasteiger partial charge is 0.399 e. The average molecular weight is 347 g/mol. The van der Waals surface area contributed by atoms with Crippen LogP contribution >= 0.6 is 15.9 Å². The minimum absolute atomic E-state index is 0.139. The molecule has 0 atom stereocenters. The second kappa shape index (κ2) is 7.27. The van der Waals surface area contributed by atoms with Gasteiger partial charge in [0.1, 0.15) is 0 Å². The fraction of sp³-hybridized carbons (Fsp3) is 0.235. The van der Waals surface area contributed by atoms with Crippen molar-refractivity contribution >= 4 is 27.5 Å². The van der Waals surface area contributed by atoms with Crippen LogP contribution < -0.4 is 5.73 Å². The lowest BCUT2D eigenvalue weighted by Gasteiger charge is -2.17. The highest BCUT2D eigenvalue weighted by molar-refractivity contribution is 9.10. The SMILES string of the molecule is CN(Cc1ccc(Br)cc1)C(=O)CCc1cccc(N)c1. The number of nitrogens with zero attached hydrogens (tertiary/aromatic N) is 1. The molecule has 2 aromatic carbocycles. The van der Waals surface area contributed by atoms with E-state index < -0.39 is 0 Å². The summed E-state index contributed by atoms with van der Waals surface area (Å²) in [6.07, 6.45) is 1.21. The predicted octanol–water partition coefficient (Wildman–Crippen LogP) is 3.62. The van der Waals surface area contributed by atoms with E-state index in [-0.39, 0.29) is 5.91 Å². The molecule has 2 rings (SSSR count). The Hall–Kier alpha value is -1.81. The standard InChI is InChI=1S/C17H19BrN2O/c1-20(12-14-5-8-15(18)9-6-14)17(21)10-7-13-3-2-4-16(19)11-13/h2-6,8-9,11H,7,10,12,19H2,1H3. The van der Waals surface area contributed by atoms with Crippen LogP contribution in [0.25, 0.3) is 0 Å². The van der Waals surface area contributed by atoms with E-state index in [0.717, 1.165) is 21.3 Å². The summed E-state index contributed by atoms with van der Waals surface area (Å²) in [5.41, 5.74) is 8.70. The van der Waals surface area contributed by atoms with Gasteiger partial charge < -0.3 is 10.6 Å². The molecule has 21 heavy (non-hydrogen) atoms. The zero-order chi connectivity index (χ0) is 15.2. The summed E-state index contributed by atoms with van der Waals surface area (Å²) in [5.74, 6) is 0.139. The average Bonchev–Trinajstić information content (AvgIpc) is 2.47. The van der Waals surface area contributed by atoms with Crippen molar-refractivity contribution in [3.8, 4) is 0 Å². The number of aryl methyl sites for hydroxylation is 1. The third-order valence-corrected chi connectivity index (χ3v) is 3.87. The van der Waals surface area contributed by atoms with Crippen molar-refractivity contribution in [1.29, 1.82) is 0 Å². The summed E-state index contributed by atoms with van der Waals surface area (Å²) in [4.78, 5) is 13.9. The molecule has 4 heteroatoms.